The van der Waals surface area contributed by atoms with E-state index in [2.05, 4.69) is 10.2 Å². The standard InChI is InChI=1S/C9H5Cl2N3O/c10-8-2-1-6(3-7(8)9(11)15)14-4-12-13-5-14/h1-5H. The first-order valence-corrected chi connectivity index (χ1v) is 4.78. The van der Waals surface area contributed by atoms with Gasteiger partial charge in [0.25, 0.3) is 5.24 Å². The van der Waals surface area contributed by atoms with E-state index < -0.39 is 5.24 Å². The Labute approximate surface area is 95.4 Å². The quantitative estimate of drug-likeness (QED) is 0.759. The Morgan fingerprint density at radius 1 is 1.27 bits per heavy atom. The number of carbonyl (C=O) groups excluding carboxylic acids is 1. The molecular formula is C9H5Cl2N3O. The molecule has 0 radical (unpaired) electrons. The van der Waals surface area contributed by atoms with Crippen LogP contribution in [0.3, 0.4) is 0 Å². The average molecular weight is 242 g/mol. The minimum absolute atomic E-state index is 0.268. The number of nitrogens with zero attached hydrogens (tertiary/aromatic N) is 3. The van der Waals surface area contributed by atoms with Crippen molar-refractivity contribution in [3.8, 4) is 5.69 Å². The van der Waals surface area contributed by atoms with Crippen LogP contribution >= 0.6 is 23.2 Å². The molecule has 0 aliphatic carbocycles. The van der Waals surface area contributed by atoms with Crippen molar-refractivity contribution in [3.63, 3.8) is 0 Å². The maximum atomic E-state index is 11.0. The first-order valence-electron chi connectivity index (χ1n) is 4.03. The van der Waals surface area contributed by atoms with E-state index in [0.29, 0.717) is 5.02 Å². The van der Waals surface area contributed by atoms with Gasteiger partial charge in [-0.3, -0.25) is 9.36 Å². The predicted octanol–water partition coefficient (Wildman–Crippen LogP) is 2.30. The molecule has 2 aromatic rings. The van der Waals surface area contributed by atoms with Gasteiger partial charge in [0.05, 0.1) is 10.6 Å². The Hall–Kier alpha value is -1.39. The van der Waals surface area contributed by atoms with Crippen LogP contribution in [0, 0.1) is 0 Å². The van der Waals surface area contributed by atoms with Gasteiger partial charge in [-0.1, -0.05) is 11.6 Å². The highest BCUT2D eigenvalue weighted by Gasteiger charge is 2.09. The fraction of sp³-hybridized carbons (Fsp3) is 0. The second kappa shape index (κ2) is 4.00. The molecule has 0 N–H and O–H groups in total. The third-order valence-corrected chi connectivity index (χ3v) is 2.41. The Morgan fingerprint density at radius 2 is 1.93 bits per heavy atom. The van der Waals surface area contributed by atoms with Crippen LogP contribution in [-0.2, 0) is 0 Å². The van der Waals surface area contributed by atoms with Crippen molar-refractivity contribution in [2.45, 2.75) is 0 Å². The van der Waals surface area contributed by atoms with E-state index in [9.17, 15) is 4.79 Å². The van der Waals surface area contributed by atoms with Crippen LogP contribution in [0.1, 0.15) is 10.4 Å². The largest absolute Gasteiger partial charge is 0.288 e. The van der Waals surface area contributed by atoms with Gasteiger partial charge >= 0.3 is 0 Å². The molecule has 0 amide bonds. The summed E-state index contributed by atoms with van der Waals surface area (Å²) < 4.78 is 1.65. The molecule has 0 aliphatic rings. The molecule has 0 fully saturated rings. The molecule has 0 spiro atoms. The van der Waals surface area contributed by atoms with Crippen molar-refractivity contribution in [1.82, 2.24) is 14.8 Å². The summed E-state index contributed by atoms with van der Waals surface area (Å²) in [5.41, 5.74) is 0.998. The topological polar surface area (TPSA) is 47.8 Å². The molecule has 0 atom stereocenters. The Morgan fingerprint density at radius 3 is 2.53 bits per heavy atom. The lowest BCUT2D eigenvalue weighted by Gasteiger charge is -2.03. The van der Waals surface area contributed by atoms with Gasteiger partial charge in [-0.15, -0.1) is 10.2 Å². The van der Waals surface area contributed by atoms with Crippen LogP contribution in [0.4, 0.5) is 0 Å². The van der Waals surface area contributed by atoms with Gasteiger partial charge in [-0.05, 0) is 29.8 Å². The molecule has 0 saturated heterocycles. The van der Waals surface area contributed by atoms with Crippen LogP contribution in [0.2, 0.25) is 5.02 Å². The summed E-state index contributed by atoms with van der Waals surface area (Å²) in [4.78, 5) is 11.0. The zero-order valence-corrected chi connectivity index (χ0v) is 8.90. The molecule has 0 bridgehead atoms. The van der Waals surface area contributed by atoms with Gasteiger partial charge in [-0.2, -0.15) is 0 Å². The minimum atomic E-state index is -0.588. The lowest BCUT2D eigenvalue weighted by molar-refractivity contribution is 0.108. The Kier molecular flexibility index (Phi) is 2.70. The van der Waals surface area contributed by atoms with Gasteiger partial charge in [0.1, 0.15) is 12.7 Å². The Bertz CT molecular complexity index is 496. The predicted molar refractivity (Wildman–Crippen MR) is 56.6 cm³/mol. The van der Waals surface area contributed by atoms with Crippen molar-refractivity contribution in [3.05, 3.63) is 41.4 Å². The molecule has 2 rings (SSSR count). The van der Waals surface area contributed by atoms with E-state index in [-0.39, 0.29) is 5.56 Å². The highest BCUT2D eigenvalue weighted by Crippen LogP contribution is 2.21. The van der Waals surface area contributed by atoms with Crippen molar-refractivity contribution in [1.29, 1.82) is 0 Å². The zero-order chi connectivity index (χ0) is 10.8. The molecule has 6 heteroatoms. The third kappa shape index (κ3) is 2.00. The molecule has 0 saturated carbocycles. The van der Waals surface area contributed by atoms with E-state index in [1.807, 2.05) is 0 Å². The number of benzene rings is 1. The number of aromatic nitrogens is 3. The van der Waals surface area contributed by atoms with Crippen LogP contribution < -0.4 is 0 Å². The molecule has 1 heterocycles. The first kappa shape index (κ1) is 10.1. The van der Waals surface area contributed by atoms with Crippen molar-refractivity contribution in [2.24, 2.45) is 0 Å². The SMILES string of the molecule is O=C(Cl)c1cc(-n2cnnc2)ccc1Cl. The summed E-state index contributed by atoms with van der Waals surface area (Å²) in [5.74, 6) is 0. The maximum Gasteiger partial charge on any atom is 0.253 e. The molecule has 1 aromatic carbocycles. The van der Waals surface area contributed by atoms with E-state index in [4.69, 9.17) is 23.2 Å². The maximum absolute atomic E-state index is 11.0. The number of hydrogen-bond donors (Lipinski definition) is 0. The molecule has 0 aliphatic heterocycles. The number of rotatable bonds is 2. The second-order valence-corrected chi connectivity index (χ2v) is 3.56. The number of halogens is 2. The van der Waals surface area contributed by atoms with Crippen LogP contribution in [0.25, 0.3) is 5.69 Å². The van der Waals surface area contributed by atoms with Gasteiger partial charge in [0.2, 0.25) is 0 Å². The first-order chi connectivity index (χ1) is 7.18. The summed E-state index contributed by atoms with van der Waals surface area (Å²) >= 11 is 11.2. The zero-order valence-electron chi connectivity index (χ0n) is 7.39. The van der Waals surface area contributed by atoms with Gasteiger partial charge < -0.3 is 0 Å². The van der Waals surface area contributed by atoms with E-state index in [1.165, 1.54) is 12.7 Å². The van der Waals surface area contributed by atoms with Crippen molar-refractivity contribution < 1.29 is 4.79 Å². The monoisotopic (exact) mass is 241 g/mol. The summed E-state index contributed by atoms with van der Waals surface area (Å²) in [6.07, 6.45) is 3.04. The lowest BCUT2D eigenvalue weighted by Crippen LogP contribution is -1.95. The Balaban J connectivity index is 2.52. The van der Waals surface area contributed by atoms with E-state index in [0.717, 1.165) is 5.69 Å². The van der Waals surface area contributed by atoms with Crippen LogP contribution in [0.5, 0.6) is 0 Å². The fourth-order valence-corrected chi connectivity index (χ4v) is 1.57. The summed E-state index contributed by atoms with van der Waals surface area (Å²) in [5, 5.41) is 7.05. The summed E-state index contributed by atoms with van der Waals surface area (Å²) in [7, 11) is 0. The molecule has 4 nitrogen and oxygen atoms in total. The van der Waals surface area contributed by atoms with Crippen molar-refractivity contribution in [2.75, 3.05) is 0 Å². The number of hydrogen-bond acceptors (Lipinski definition) is 3. The highest BCUT2D eigenvalue weighted by atomic mass is 35.5. The number of carbonyl (C=O) groups is 1. The van der Waals surface area contributed by atoms with Gasteiger partial charge in [-0.25, -0.2) is 0 Å². The summed E-state index contributed by atoms with van der Waals surface area (Å²) in [6, 6.07) is 4.93. The summed E-state index contributed by atoms with van der Waals surface area (Å²) in [6.45, 7) is 0. The molecule has 15 heavy (non-hydrogen) atoms. The van der Waals surface area contributed by atoms with E-state index in [1.54, 1.807) is 22.8 Å². The molecular weight excluding hydrogens is 237 g/mol. The normalized spacial score (nSPS) is 10.3. The van der Waals surface area contributed by atoms with Gasteiger partial charge in [0.15, 0.2) is 0 Å². The molecule has 76 valence electrons. The fourth-order valence-electron chi connectivity index (χ4n) is 1.16. The molecule has 0 unspecified atom stereocenters. The smallest absolute Gasteiger partial charge is 0.253 e. The average Bonchev–Trinajstić information content (AvgIpc) is 2.71. The second-order valence-electron chi connectivity index (χ2n) is 2.81. The highest BCUT2D eigenvalue weighted by molar-refractivity contribution is 6.68. The minimum Gasteiger partial charge on any atom is -0.288 e. The van der Waals surface area contributed by atoms with E-state index >= 15 is 0 Å². The lowest BCUT2D eigenvalue weighted by atomic mass is 10.2. The van der Waals surface area contributed by atoms with Gasteiger partial charge in [0, 0.05) is 5.69 Å². The third-order valence-electron chi connectivity index (χ3n) is 1.88. The van der Waals surface area contributed by atoms with Crippen LogP contribution in [-0.4, -0.2) is 20.0 Å². The van der Waals surface area contributed by atoms with Crippen LogP contribution in [0.15, 0.2) is 30.9 Å². The molecule has 1 aromatic heterocycles. The van der Waals surface area contributed by atoms with Crippen molar-refractivity contribution >= 4 is 28.4 Å².